The summed E-state index contributed by atoms with van der Waals surface area (Å²) in [6.07, 6.45) is 13.5. The largest absolute Gasteiger partial charge is 0.118 e. The molecule has 2 unspecified atom stereocenters. The van der Waals surface area contributed by atoms with Crippen LogP contribution in [0.1, 0.15) is 58.3 Å². The summed E-state index contributed by atoms with van der Waals surface area (Å²) in [6.45, 7) is 2.30. The molecule has 1 saturated carbocycles. The van der Waals surface area contributed by atoms with E-state index in [4.69, 9.17) is 0 Å². The molecule has 2 heteroatoms. The summed E-state index contributed by atoms with van der Waals surface area (Å²) in [6, 6.07) is 0. The van der Waals surface area contributed by atoms with Crippen LogP contribution in [0.15, 0.2) is 0 Å². The maximum Gasteiger partial charge on any atom is -0.0173 e. The minimum absolute atomic E-state index is 1.14. The van der Waals surface area contributed by atoms with Gasteiger partial charge in [-0.25, -0.2) is 0 Å². The van der Waals surface area contributed by atoms with Gasteiger partial charge >= 0.3 is 0 Å². The van der Waals surface area contributed by atoms with Gasteiger partial charge in [0.2, 0.25) is 0 Å². The van der Waals surface area contributed by atoms with Gasteiger partial charge in [-0.05, 0) is 37.0 Å². The molecule has 0 N–H and O–H groups in total. The zero-order valence-corrected chi connectivity index (χ0v) is 11.6. The van der Waals surface area contributed by atoms with Crippen molar-refractivity contribution in [2.45, 2.75) is 63.9 Å². The van der Waals surface area contributed by atoms with E-state index in [0.717, 1.165) is 5.66 Å². The average Bonchev–Trinajstić information content (AvgIpc) is 2.25. The van der Waals surface area contributed by atoms with Crippen LogP contribution < -0.4 is 0 Å². The molecule has 2 atom stereocenters. The Labute approximate surface area is 93.6 Å². The van der Waals surface area contributed by atoms with E-state index in [1.165, 1.54) is 61.8 Å². The van der Waals surface area contributed by atoms with Gasteiger partial charge in [0.1, 0.15) is 0 Å². The predicted molar refractivity (Wildman–Crippen MR) is 72.8 cm³/mol. The van der Waals surface area contributed by atoms with E-state index < -0.39 is 0 Å². The minimum atomic E-state index is 1.14. The molecule has 0 nitrogen and oxygen atoms in total. The standard InChI is InChI=1S/C12H26P2/c1-2-3-7-10-13-11-14-12-8-5-4-6-9-12/h12-14H,2-11H2,1H3. The van der Waals surface area contributed by atoms with Gasteiger partial charge in [0.05, 0.1) is 0 Å². The van der Waals surface area contributed by atoms with Crippen molar-refractivity contribution in [1.29, 1.82) is 0 Å². The second-order valence-electron chi connectivity index (χ2n) is 4.42. The van der Waals surface area contributed by atoms with Gasteiger partial charge in [-0.1, -0.05) is 39.0 Å². The highest BCUT2D eigenvalue weighted by Gasteiger charge is 2.11. The lowest BCUT2D eigenvalue weighted by Crippen LogP contribution is -2.06. The van der Waals surface area contributed by atoms with E-state index in [-0.39, 0.29) is 0 Å². The van der Waals surface area contributed by atoms with Crippen LogP contribution >= 0.6 is 17.2 Å². The van der Waals surface area contributed by atoms with Crippen LogP contribution in [0.25, 0.3) is 0 Å². The summed E-state index contributed by atoms with van der Waals surface area (Å²) in [5.41, 5.74) is 1.14. The predicted octanol–water partition coefficient (Wildman–Crippen LogP) is 4.82. The maximum atomic E-state index is 2.30. The molecule has 0 radical (unpaired) electrons. The highest BCUT2D eigenvalue weighted by atomic mass is 31.1. The lowest BCUT2D eigenvalue weighted by Gasteiger charge is -2.21. The molecule has 0 saturated heterocycles. The second kappa shape index (κ2) is 9.11. The fourth-order valence-corrected chi connectivity index (χ4v) is 5.87. The van der Waals surface area contributed by atoms with Crippen LogP contribution in [-0.4, -0.2) is 17.7 Å². The third-order valence-corrected chi connectivity index (χ3v) is 6.76. The van der Waals surface area contributed by atoms with Crippen molar-refractivity contribution in [2.24, 2.45) is 0 Å². The molecule has 0 aromatic rings. The van der Waals surface area contributed by atoms with Crippen molar-refractivity contribution in [3.05, 3.63) is 0 Å². The lowest BCUT2D eigenvalue weighted by atomic mass is 10.0. The Kier molecular flexibility index (Phi) is 8.41. The first-order valence-electron chi connectivity index (χ1n) is 6.37. The number of hydrogen-bond donors (Lipinski definition) is 0. The molecular weight excluding hydrogens is 206 g/mol. The molecular formula is C12H26P2. The quantitative estimate of drug-likeness (QED) is 0.436. The molecule has 1 rings (SSSR count). The van der Waals surface area contributed by atoms with Crippen LogP contribution in [0.4, 0.5) is 0 Å². The van der Waals surface area contributed by atoms with E-state index in [2.05, 4.69) is 6.92 Å². The molecule has 1 aliphatic carbocycles. The zero-order chi connectivity index (χ0) is 10.1. The summed E-state index contributed by atoms with van der Waals surface area (Å²) >= 11 is 0. The molecule has 1 fully saturated rings. The number of rotatable bonds is 7. The third kappa shape index (κ3) is 6.36. The number of unbranched alkanes of at least 4 members (excludes halogenated alkanes) is 2. The third-order valence-electron chi connectivity index (χ3n) is 3.08. The number of hydrogen-bond acceptors (Lipinski definition) is 0. The first-order valence-corrected chi connectivity index (χ1v) is 9.07. The topological polar surface area (TPSA) is 0 Å². The van der Waals surface area contributed by atoms with Gasteiger partial charge < -0.3 is 0 Å². The normalized spacial score (nSPS) is 20.4. The second-order valence-corrected chi connectivity index (χ2v) is 8.06. The molecule has 0 spiro atoms. The van der Waals surface area contributed by atoms with Crippen LogP contribution in [0.3, 0.4) is 0 Å². The van der Waals surface area contributed by atoms with Crippen molar-refractivity contribution >= 4 is 17.2 Å². The van der Waals surface area contributed by atoms with Gasteiger partial charge in [-0.2, -0.15) is 0 Å². The van der Waals surface area contributed by atoms with Gasteiger partial charge in [0, 0.05) is 0 Å². The summed E-state index contributed by atoms with van der Waals surface area (Å²) in [5.74, 6) is 1.56. The molecule has 14 heavy (non-hydrogen) atoms. The molecule has 0 aliphatic heterocycles. The molecule has 0 aromatic heterocycles. The van der Waals surface area contributed by atoms with Crippen LogP contribution in [-0.2, 0) is 0 Å². The summed E-state index contributed by atoms with van der Waals surface area (Å²) in [5, 5.41) is 0. The highest BCUT2D eigenvalue weighted by molar-refractivity contribution is 7.56. The van der Waals surface area contributed by atoms with Crippen molar-refractivity contribution in [1.82, 2.24) is 0 Å². The van der Waals surface area contributed by atoms with E-state index in [1.54, 1.807) is 18.7 Å². The summed E-state index contributed by atoms with van der Waals surface area (Å²) < 4.78 is 0. The van der Waals surface area contributed by atoms with Crippen LogP contribution in [0.5, 0.6) is 0 Å². The maximum absolute atomic E-state index is 2.30. The smallest absolute Gasteiger partial charge is 0.0173 e. The van der Waals surface area contributed by atoms with Gasteiger partial charge in [-0.15, -0.1) is 17.2 Å². The Bertz CT molecular complexity index is 119. The van der Waals surface area contributed by atoms with Gasteiger partial charge in [-0.3, -0.25) is 0 Å². The van der Waals surface area contributed by atoms with Crippen molar-refractivity contribution in [3.8, 4) is 0 Å². The first-order chi connectivity index (χ1) is 6.93. The molecule has 0 heterocycles. The fraction of sp³-hybridized carbons (Fsp3) is 1.00. The molecule has 84 valence electrons. The Hall–Kier alpha value is 0.860. The first kappa shape index (κ1) is 12.9. The van der Waals surface area contributed by atoms with Gasteiger partial charge in [0.25, 0.3) is 0 Å². The van der Waals surface area contributed by atoms with Crippen LogP contribution in [0, 0.1) is 0 Å². The summed E-state index contributed by atoms with van der Waals surface area (Å²) in [4.78, 5) is 0. The van der Waals surface area contributed by atoms with Crippen molar-refractivity contribution in [3.63, 3.8) is 0 Å². The lowest BCUT2D eigenvalue weighted by molar-refractivity contribution is 0.514. The van der Waals surface area contributed by atoms with Crippen molar-refractivity contribution < 1.29 is 0 Å². The molecule has 0 aromatic carbocycles. The average molecular weight is 232 g/mol. The molecule has 0 amide bonds. The van der Waals surface area contributed by atoms with E-state index >= 15 is 0 Å². The Balaban J connectivity index is 1.82. The van der Waals surface area contributed by atoms with Crippen LogP contribution in [0.2, 0.25) is 0 Å². The summed E-state index contributed by atoms with van der Waals surface area (Å²) in [7, 11) is 2.58. The Morgan fingerprint density at radius 3 is 2.57 bits per heavy atom. The zero-order valence-electron chi connectivity index (χ0n) is 9.65. The Morgan fingerprint density at radius 2 is 1.86 bits per heavy atom. The van der Waals surface area contributed by atoms with Gasteiger partial charge in [0.15, 0.2) is 0 Å². The fourth-order valence-electron chi connectivity index (χ4n) is 2.11. The van der Waals surface area contributed by atoms with E-state index in [9.17, 15) is 0 Å². The minimum Gasteiger partial charge on any atom is -0.118 e. The van der Waals surface area contributed by atoms with E-state index in [1.807, 2.05) is 0 Å². The monoisotopic (exact) mass is 232 g/mol. The highest BCUT2D eigenvalue weighted by Crippen LogP contribution is 2.36. The van der Waals surface area contributed by atoms with E-state index in [0.29, 0.717) is 0 Å². The molecule has 1 aliphatic rings. The Morgan fingerprint density at radius 1 is 1.07 bits per heavy atom. The SMILES string of the molecule is CCCCCPCPC1CCCCC1. The van der Waals surface area contributed by atoms with Crippen molar-refractivity contribution in [2.75, 3.05) is 12.1 Å². The molecule has 0 bridgehead atoms.